The fourth-order valence-electron chi connectivity index (χ4n) is 8.19. The molecule has 1 heteroatoms. The summed E-state index contributed by atoms with van der Waals surface area (Å²) in [5, 5.41) is 0. The predicted octanol–water partition coefficient (Wildman–Crippen LogP) is 4.36. The molecule has 0 aromatic carbocycles. The summed E-state index contributed by atoms with van der Waals surface area (Å²) in [6.45, 7) is 1.01. The lowest BCUT2D eigenvalue weighted by atomic mass is 9.48. The molecule has 6 aliphatic rings. The second kappa shape index (κ2) is 4.03. The van der Waals surface area contributed by atoms with Crippen LogP contribution < -0.4 is 5.73 Å². The molecule has 112 valence electrons. The first-order valence-corrected chi connectivity index (χ1v) is 9.46. The number of hydrogen-bond acceptors (Lipinski definition) is 1. The van der Waals surface area contributed by atoms with Crippen molar-refractivity contribution in [3.05, 3.63) is 0 Å². The maximum Gasteiger partial charge on any atom is -0.00121 e. The highest BCUT2D eigenvalue weighted by Gasteiger charge is 2.72. The number of rotatable bonds is 2. The van der Waals surface area contributed by atoms with Crippen molar-refractivity contribution in [2.45, 2.75) is 70.6 Å². The van der Waals surface area contributed by atoms with E-state index in [1.165, 1.54) is 38.5 Å². The number of hydrogen-bond donors (Lipinski definition) is 1. The van der Waals surface area contributed by atoms with E-state index in [1.54, 1.807) is 32.1 Å². The van der Waals surface area contributed by atoms with E-state index in [1.807, 2.05) is 0 Å². The van der Waals surface area contributed by atoms with Gasteiger partial charge in [0.1, 0.15) is 0 Å². The fourth-order valence-corrected chi connectivity index (χ4v) is 8.19. The van der Waals surface area contributed by atoms with Crippen molar-refractivity contribution in [2.75, 3.05) is 6.54 Å². The quantitative estimate of drug-likeness (QED) is 0.795. The third-order valence-electron chi connectivity index (χ3n) is 8.62. The van der Waals surface area contributed by atoms with Gasteiger partial charge in [0, 0.05) is 0 Å². The van der Waals surface area contributed by atoms with Crippen LogP contribution in [0.2, 0.25) is 0 Å². The highest BCUT2D eigenvalue weighted by Crippen LogP contribution is 2.78. The molecule has 0 radical (unpaired) electrons. The van der Waals surface area contributed by atoms with Gasteiger partial charge in [-0.15, -0.1) is 0 Å². The second-order valence-corrected chi connectivity index (χ2v) is 9.33. The normalized spacial score (nSPS) is 55.4. The van der Waals surface area contributed by atoms with Gasteiger partial charge >= 0.3 is 0 Å². The van der Waals surface area contributed by atoms with Crippen LogP contribution in [-0.4, -0.2) is 6.54 Å². The molecule has 6 saturated carbocycles. The highest BCUT2D eigenvalue weighted by atomic mass is 14.8. The van der Waals surface area contributed by atoms with Gasteiger partial charge in [0.2, 0.25) is 0 Å². The van der Waals surface area contributed by atoms with Crippen LogP contribution in [-0.2, 0) is 0 Å². The molecule has 1 nitrogen and oxygen atoms in total. The lowest BCUT2D eigenvalue weighted by molar-refractivity contribution is -0.0787. The van der Waals surface area contributed by atoms with Crippen LogP contribution >= 0.6 is 0 Å². The summed E-state index contributed by atoms with van der Waals surface area (Å²) < 4.78 is 0. The second-order valence-electron chi connectivity index (χ2n) is 9.33. The van der Waals surface area contributed by atoms with Crippen LogP contribution in [0.4, 0.5) is 0 Å². The Morgan fingerprint density at radius 2 is 1.40 bits per heavy atom. The Hall–Kier alpha value is -0.0400. The SMILES string of the molecule is NCC1(C2C3CC4CC(C3)CC2C4)CC12CCCCC2. The van der Waals surface area contributed by atoms with Gasteiger partial charge < -0.3 is 5.73 Å². The summed E-state index contributed by atoms with van der Waals surface area (Å²) in [7, 11) is 0. The molecule has 2 N–H and O–H groups in total. The van der Waals surface area contributed by atoms with E-state index in [0.29, 0.717) is 5.41 Å². The van der Waals surface area contributed by atoms with E-state index >= 15 is 0 Å². The summed E-state index contributed by atoms with van der Waals surface area (Å²) in [6.07, 6.45) is 16.9. The third-order valence-corrected chi connectivity index (χ3v) is 8.62. The summed E-state index contributed by atoms with van der Waals surface area (Å²) in [5.41, 5.74) is 7.78. The third kappa shape index (κ3) is 1.44. The van der Waals surface area contributed by atoms with Gasteiger partial charge in [-0.05, 0) is 98.3 Å². The van der Waals surface area contributed by atoms with Gasteiger partial charge in [-0.3, -0.25) is 0 Å². The van der Waals surface area contributed by atoms with Gasteiger partial charge in [0.15, 0.2) is 0 Å². The average molecular weight is 273 g/mol. The minimum atomic E-state index is 0.607. The van der Waals surface area contributed by atoms with Crippen LogP contribution in [0.5, 0.6) is 0 Å². The van der Waals surface area contributed by atoms with Crippen molar-refractivity contribution < 1.29 is 0 Å². The van der Waals surface area contributed by atoms with Gasteiger partial charge in [-0.25, -0.2) is 0 Å². The summed E-state index contributed by atoms with van der Waals surface area (Å²) in [4.78, 5) is 0. The molecule has 0 amide bonds. The van der Waals surface area contributed by atoms with Crippen LogP contribution in [0.1, 0.15) is 70.6 Å². The summed E-state index contributed by atoms with van der Waals surface area (Å²) in [5.74, 6) is 5.43. The van der Waals surface area contributed by atoms with Crippen molar-refractivity contribution in [1.82, 2.24) is 0 Å². The van der Waals surface area contributed by atoms with E-state index in [2.05, 4.69) is 0 Å². The van der Waals surface area contributed by atoms with Crippen molar-refractivity contribution in [3.63, 3.8) is 0 Å². The molecule has 0 heterocycles. The van der Waals surface area contributed by atoms with Gasteiger partial charge in [0.25, 0.3) is 0 Å². The maximum absolute atomic E-state index is 6.45. The topological polar surface area (TPSA) is 26.0 Å². The van der Waals surface area contributed by atoms with Gasteiger partial charge in [-0.2, -0.15) is 0 Å². The molecule has 1 spiro atoms. The fraction of sp³-hybridized carbons (Fsp3) is 1.00. The Labute approximate surface area is 124 Å². The summed E-state index contributed by atoms with van der Waals surface area (Å²) in [6, 6.07) is 0. The van der Waals surface area contributed by atoms with E-state index in [4.69, 9.17) is 5.73 Å². The Balaban J connectivity index is 1.47. The van der Waals surface area contributed by atoms with Crippen molar-refractivity contribution in [1.29, 1.82) is 0 Å². The standard InChI is InChI=1S/C19H31N/c20-12-19(11-18(19)4-2-1-3-5-18)17-15-7-13-6-14(9-15)10-16(17)8-13/h13-17H,1-12,20H2. The van der Waals surface area contributed by atoms with Crippen LogP contribution in [0, 0.1) is 40.4 Å². The molecule has 1 atom stereocenters. The van der Waals surface area contributed by atoms with Crippen molar-refractivity contribution >= 4 is 0 Å². The Morgan fingerprint density at radius 1 is 0.800 bits per heavy atom. The lowest BCUT2D eigenvalue weighted by Gasteiger charge is -2.58. The molecule has 6 aliphatic carbocycles. The first-order valence-electron chi connectivity index (χ1n) is 9.46. The number of nitrogens with two attached hydrogens (primary N) is 1. The van der Waals surface area contributed by atoms with E-state index in [-0.39, 0.29) is 0 Å². The predicted molar refractivity (Wildman–Crippen MR) is 82.2 cm³/mol. The average Bonchev–Trinajstić information content (AvgIpc) is 3.06. The zero-order chi connectivity index (χ0) is 13.4. The Bertz CT molecular complexity index is 380. The monoisotopic (exact) mass is 273 g/mol. The van der Waals surface area contributed by atoms with Gasteiger partial charge in [-0.1, -0.05) is 19.3 Å². The molecule has 0 aliphatic heterocycles. The minimum absolute atomic E-state index is 0.607. The molecule has 20 heavy (non-hydrogen) atoms. The van der Waals surface area contributed by atoms with Crippen molar-refractivity contribution in [2.24, 2.45) is 46.2 Å². The van der Waals surface area contributed by atoms with E-state index < -0.39 is 0 Å². The van der Waals surface area contributed by atoms with Gasteiger partial charge in [0.05, 0.1) is 0 Å². The molecule has 0 aromatic rings. The smallest absolute Gasteiger partial charge is 0.00121 e. The van der Waals surface area contributed by atoms with E-state index in [0.717, 1.165) is 41.5 Å². The highest BCUT2D eigenvalue weighted by molar-refractivity contribution is 5.21. The first kappa shape index (κ1) is 12.5. The Kier molecular flexibility index (Phi) is 2.52. The zero-order valence-corrected chi connectivity index (χ0v) is 12.9. The largest absolute Gasteiger partial charge is 0.330 e. The lowest BCUT2D eigenvalue weighted by Crippen LogP contribution is -2.51. The molecular weight excluding hydrogens is 242 g/mol. The zero-order valence-electron chi connectivity index (χ0n) is 12.9. The molecule has 0 saturated heterocycles. The molecule has 0 aromatic heterocycles. The first-order chi connectivity index (χ1) is 9.76. The maximum atomic E-state index is 6.45. The van der Waals surface area contributed by atoms with E-state index in [9.17, 15) is 0 Å². The van der Waals surface area contributed by atoms with Crippen LogP contribution in [0.3, 0.4) is 0 Å². The molecule has 6 fully saturated rings. The molecule has 1 unspecified atom stereocenters. The van der Waals surface area contributed by atoms with Crippen LogP contribution in [0.15, 0.2) is 0 Å². The summed E-state index contributed by atoms with van der Waals surface area (Å²) >= 11 is 0. The Morgan fingerprint density at radius 3 is 1.95 bits per heavy atom. The minimum Gasteiger partial charge on any atom is -0.330 e. The molecular formula is C19H31N. The van der Waals surface area contributed by atoms with Crippen molar-refractivity contribution in [3.8, 4) is 0 Å². The van der Waals surface area contributed by atoms with Crippen LogP contribution in [0.25, 0.3) is 0 Å². The molecule has 4 bridgehead atoms. The molecule has 6 rings (SSSR count).